The van der Waals surface area contributed by atoms with Gasteiger partial charge in [-0.05, 0) is 38.5 Å². The van der Waals surface area contributed by atoms with E-state index >= 15 is 0 Å². The van der Waals surface area contributed by atoms with Crippen molar-refractivity contribution in [1.82, 2.24) is 4.90 Å². The quantitative estimate of drug-likeness (QED) is 0.613. The van der Waals surface area contributed by atoms with Gasteiger partial charge in [0.2, 0.25) is 0 Å². The predicted octanol–water partition coefficient (Wildman–Crippen LogP) is 3.59. The summed E-state index contributed by atoms with van der Waals surface area (Å²) in [5.74, 6) is -0.530. The summed E-state index contributed by atoms with van der Waals surface area (Å²) in [6, 6.07) is 5.38. The zero-order valence-corrected chi connectivity index (χ0v) is 11.7. The van der Waals surface area contributed by atoms with Crippen LogP contribution in [0, 0.1) is 0 Å². The molecule has 0 spiro atoms. The molecule has 0 aliphatic carbocycles. The Kier molecular flexibility index (Phi) is 5.56. The Bertz CT molecular complexity index is 458. The van der Waals surface area contributed by atoms with E-state index in [1.54, 1.807) is 19.1 Å². The molecule has 0 bridgehead atoms. The number of hydrogen-bond acceptors (Lipinski definition) is 3. The Morgan fingerprint density at radius 1 is 1.35 bits per heavy atom. The molecule has 3 nitrogen and oxygen atoms in total. The first kappa shape index (κ1) is 16.5. The van der Waals surface area contributed by atoms with Crippen LogP contribution in [0.3, 0.4) is 0 Å². The highest BCUT2D eigenvalue weighted by atomic mass is 19.4. The zero-order chi connectivity index (χ0) is 15.3. The van der Waals surface area contributed by atoms with Crippen LogP contribution in [0.5, 0.6) is 0 Å². The van der Waals surface area contributed by atoms with Crippen LogP contribution in [0.1, 0.15) is 36.7 Å². The van der Waals surface area contributed by atoms with E-state index in [0.29, 0.717) is 10.5 Å². The number of benzene rings is 1. The molecular formula is C14H18F3NO2. The van der Waals surface area contributed by atoms with Gasteiger partial charge in [-0.2, -0.15) is 13.2 Å². The lowest BCUT2D eigenvalue weighted by Gasteiger charge is -2.28. The lowest BCUT2D eigenvalue weighted by Crippen LogP contribution is -2.42. The summed E-state index contributed by atoms with van der Waals surface area (Å²) in [6.07, 6.45) is -4.41. The number of nitrogens with zero attached hydrogens (tertiary/aromatic N) is 1. The van der Waals surface area contributed by atoms with Crippen molar-refractivity contribution in [3.8, 4) is 0 Å². The first-order chi connectivity index (χ1) is 9.25. The second-order valence-electron chi connectivity index (χ2n) is 4.61. The molecule has 0 aliphatic heterocycles. The van der Waals surface area contributed by atoms with Crippen LogP contribution in [0.25, 0.3) is 0 Å². The van der Waals surface area contributed by atoms with E-state index in [1.165, 1.54) is 26.0 Å². The lowest BCUT2D eigenvalue weighted by atomic mass is 10.1. The third-order valence-electron chi connectivity index (χ3n) is 2.74. The molecule has 0 aliphatic rings. The summed E-state index contributed by atoms with van der Waals surface area (Å²) in [5, 5.41) is 0. The Hall–Kier alpha value is -1.56. The molecule has 0 amide bonds. The van der Waals surface area contributed by atoms with Crippen LogP contribution in [-0.4, -0.2) is 29.8 Å². The summed E-state index contributed by atoms with van der Waals surface area (Å²) < 4.78 is 43.4. The topological polar surface area (TPSA) is 29.5 Å². The minimum atomic E-state index is -4.41. The molecule has 112 valence electrons. The van der Waals surface area contributed by atoms with Crippen LogP contribution in [0.2, 0.25) is 0 Å². The van der Waals surface area contributed by atoms with Crippen LogP contribution >= 0.6 is 0 Å². The zero-order valence-electron chi connectivity index (χ0n) is 11.7. The fourth-order valence-electron chi connectivity index (χ4n) is 1.77. The molecule has 0 radical (unpaired) electrons. The highest BCUT2D eigenvalue weighted by Crippen LogP contribution is 2.26. The third kappa shape index (κ3) is 4.52. The number of carbonyl (C=O) groups is 1. The molecule has 0 N–H and O–H groups in total. The van der Waals surface area contributed by atoms with Gasteiger partial charge < -0.3 is 4.74 Å². The Labute approximate surface area is 116 Å². The second-order valence-corrected chi connectivity index (χ2v) is 4.61. The highest BCUT2D eigenvalue weighted by Gasteiger charge is 2.38. The molecule has 0 atom stereocenters. The monoisotopic (exact) mass is 289 g/mol. The summed E-state index contributed by atoms with van der Waals surface area (Å²) >= 11 is 0. The lowest BCUT2D eigenvalue weighted by molar-refractivity contribution is -0.259. The van der Waals surface area contributed by atoms with Crippen molar-refractivity contribution < 1.29 is 22.7 Å². The van der Waals surface area contributed by atoms with Gasteiger partial charge in [0.15, 0.2) is 0 Å². The van der Waals surface area contributed by atoms with Gasteiger partial charge in [-0.1, -0.05) is 12.1 Å². The van der Waals surface area contributed by atoms with E-state index in [1.807, 2.05) is 0 Å². The average Bonchev–Trinajstić information content (AvgIpc) is 2.35. The van der Waals surface area contributed by atoms with Gasteiger partial charge in [0.1, 0.15) is 0 Å². The van der Waals surface area contributed by atoms with E-state index in [9.17, 15) is 18.0 Å². The first-order valence-electron chi connectivity index (χ1n) is 6.35. The standard InChI is InChI=1S/C14H18F3NO2/c1-4-20-13(19)12-7-5-6-11(8-12)9-18(10(2)3)14(15,16)17/h5-8,10H,4,9H2,1-3H3. The molecule has 1 aromatic rings. The van der Waals surface area contributed by atoms with Crippen LogP contribution in [0.4, 0.5) is 13.2 Å². The van der Waals surface area contributed by atoms with Gasteiger partial charge >= 0.3 is 12.3 Å². The molecule has 0 aromatic heterocycles. The maximum absolute atomic E-state index is 12.9. The maximum atomic E-state index is 12.9. The van der Waals surface area contributed by atoms with Crippen molar-refractivity contribution in [1.29, 1.82) is 0 Å². The predicted molar refractivity (Wildman–Crippen MR) is 69.1 cm³/mol. The van der Waals surface area contributed by atoms with Crippen molar-refractivity contribution in [3.05, 3.63) is 35.4 Å². The third-order valence-corrected chi connectivity index (χ3v) is 2.74. The molecule has 0 fully saturated rings. The van der Waals surface area contributed by atoms with Crippen molar-refractivity contribution in [3.63, 3.8) is 0 Å². The highest BCUT2D eigenvalue weighted by molar-refractivity contribution is 5.89. The Morgan fingerprint density at radius 3 is 2.50 bits per heavy atom. The molecule has 0 heterocycles. The molecule has 1 rings (SSSR count). The SMILES string of the molecule is CCOC(=O)c1cccc(CN(C(C)C)C(F)(F)F)c1. The van der Waals surface area contributed by atoms with Gasteiger partial charge in [-0.3, -0.25) is 0 Å². The first-order valence-corrected chi connectivity index (χ1v) is 6.35. The largest absolute Gasteiger partial charge is 0.462 e. The fourth-order valence-corrected chi connectivity index (χ4v) is 1.77. The summed E-state index contributed by atoms with van der Waals surface area (Å²) in [4.78, 5) is 12.0. The number of carbonyl (C=O) groups excluding carboxylic acids is 1. The summed E-state index contributed by atoms with van der Waals surface area (Å²) in [5.41, 5.74) is 0.678. The number of alkyl halides is 3. The Morgan fingerprint density at radius 2 is 2.00 bits per heavy atom. The van der Waals surface area contributed by atoms with Crippen molar-refractivity contribution in [2.24, 2.45) is 0 Å². The molecule has 20 heavy (non-hydrogen) atoms. The van der Waals surface area contributed by atoms with Gasteiger partial charge in [0, 0.05) is 12.6 Å². The molecule has 0 unspecified atom stereocenters. The average molecular weight is 289 g/mol. The van der Waals surface area contributed by atoms with Gasteiger partial charge in [0.25, 0.3) is 0 Å². The van der Waals surface area contributed by atoms with E-state index in [0.717, 1.165) is 0 Å². The molecule has 0 saturated heterocycles. The van der Waals surface area contributed by atoms with Crippen molar-refractivity contribution in [2.75, 3.05) is 6.61 Å². The normalized spacial score (nSPS) is 12.0. The second kappa shape index (κ2) is 6.74. The summed E-state index contributed by atoms with van der Waals surface area (Å²) in [6.45, 7) is 4.55. The van der Waals surface area contributed by atoms with Gasteiger partial charge in [-0.15, -0.1) is 0 Å². The smallest absolute Gasteiger partial charge is 0.460 e. The molecular weight excluding hydrogens is 271 g/mol. The van der Waals surface area contributed by atoms with Crippen LogP contribution in [-0.2, 0) is 11.3 Å². The number of ether oxygens (including phenoxy) is 1. The number of esters is 1. The van der Waals surface area contributed by atoms with Crippen molar-refractivity contribution in [2.45, 2.75) is 39.7 Å². The molecule has 0 saturated carbocycles. The van der Waals surface area contributed by atoms with Crippen molar-refractivity contribution >= 4 is 5.97 Å². The number of rotatable bonds is 5. The molecule has 1 aromatic carbocycles. The minimum absolute atomic E-state index is 0.226. The van der Waals surface area contributed by atoms with Crippen LogP contribution in [0.15, 0.2) is 24.3 Å². The van der Waals surface area contributed by atoms with E-state index in [4.69, 9.17) is 4.74 Å². The summed E-state index contributed by atoms with van der Waals surface area (Å²) in [7, 11) is 0. The minimum Gasteiger partial charge on any atom is -0.462 e. The van der Waals surface area contributed by atoms with Gasteiger partial charge in [-0.25, -0.2) is 9.69 Å². The number of halogens is 3. The van der Waals surface area contributed by atoms with E-state index in [-0.39, 0.29) is 18.7 Å². The Balaban J connectivity index is 2.92. The maximum Gasteiger partial charge on any atom is 0.460 e. The van der Waals surface area contributed by atoms with E-state index < -0.39 is 18.3 Å². The van der Waals surface area contributed by atoms with Crippen LogP contribution < -0.4 is 0 Å². The fraction of sp³-hybridized carbons (Fsp3) is 0.500. The van der Waals surface area contributed by atoms with Gasteiger partial charge in [0.05, 0.1) is 12.2 Å². The molecule has 6 heteroatoms. The number of hydrogen-bond donors (Lipinski definition) is 0. The van der Waals surface area contributed by atoms with E-state index in [2.05, 4.69) is 0 Å².